The number of hydrogen-bond donors (Lipinski definition) is 1. The van der Waals surface area contributed by atoms with Crippen LogP contribution < -0.4 is 4.74 Å². The highest BCUT2D eigenvalue weighted by molar-refractivity contribution is 7.17. The fourth-order valence-electron chi connectivity index (χ4n) is 2.65. The Bertz CT molecular complexity index is 960. The third-order valence-corrected chi connectivity index (χ3v) is 5.03. The molecule has 0 aliphatic heterocycles. The molecule has 0 saturated carbocycles. The first kappa shape index (κ1) is 18.3. The van der Waals surface area contributed by atoms with Crippen molar-refractivity contribution < 1.29 is 27.8 Å². The van der Waals surface area contributed by atoms with E-state index in [4.69, 9.17) is 9.84 Å². The lowest BCUT2D eigenvalue weighted by atomic mass is 10.1. The van der Waals surface area contributed by atoms with Crippen LogP contribution in [0.2, 0.25) is 0 Å². The molecule has 136 valence electrons. The van der Waals surface area contributed by atoms with Gasteiger partial charge >= 0.3 is 12.1 Å². The minimum absolute atomic E-state index is 0.0368. The zero-order valence-corrected chi connectivity index (χ0v) is 14.6. The Kier molecular flexibility index (Phi) is 4.91. The number of carboxylic acid groups (broad SMARTS) is 1. The molecule has 0 atom stereocenters. The monoisotopic (exact) mass is 380 g/mol. The summed E-state index contributed by atoms with van der Waals surface area (Å²) in [6.07, 6.45) is -4.40. The highest BCUT2D eigenvalue weighted by Gasteiger charge is 2.30. The number of carbonyl (C=O) groups is 1. The highest BCUT2D eigenvalue weighted by Crippen LogP contribution is 2.32. The van der Waals surface area contributed by atoms with Crippen LogP contribution in [0.15, 0.2) is 41.8 Å². The maximum absolute atomic E-state index is 12.7. The maximum Gasteiger partial charge on any atom is 0.416 e. The number of thiophene rings is 1. The van der Waals surface area contributed by atoms with Gasteiger partial charge in [0.05, 0.1) is 12.0 Å². The van der Waals surface area contributed by atoms with Gasteiger partial charge in [0.1, 0.15) is 12.4 Å². The van der Waals surface area contributed by atoms with E-state index in [1.165, 1.54) is 17.4 Å². The summed E-state index contributed by atoms with van der Waals surface area (Å²) in [5.41, 5.74) is 1.27. The van der Waals surface area contributed by atoms with Gasteiger partial charge in [0.15, 0.2) is 0 Å². The van der Waals surface area contributed by atoms with Gasteiger partial charge in [-0.05, 0) is 64.7 Å². The average Bonchev–Trinajstić information content (AvgIpc) is 2.94. The molecule has 0 fully saturated rings. The quantitative estimate of drug-likeness (QED) is 0.642. The molecule has 3 aromatic rings. The van der Waals surface area contributed by atoms with E-state index in [0.717, 1.165) is 27.8 Å². The SMILES string of the molecule is Cc1cc(C(F)(F)F)ccc1COc1ccc2c(CC(=O)O)csc2c1. The van der Waals surface area contributed by atoms with E-state index in [1.807, 2.05) is 11.4 Å². The van der Waals surface area contributed by atoms with Crippen molar-refractivity contribution in [2.24, 2.45) is 0 Å². The molecule has 26 heavy (non-hydrogen) atoms. The van der Waals surface area contributed by atoms with Gasteiger partial charge in [-0.1, -0.05) is 6.07 Å². The Morgan fingerprint density at radius 3 is 2.58 bits per heavy atom. The summed E-state index contributed by atoms with van der Waals surface area (Å²) in [5.74, 6) is -0.302. The largest absolute Gasteiger partial charge is 0.489 e. The fraction of sp³-hybridized carbons (Fsp3) is 0.211. The van der Waals surface area contributed by atoms with Crippen LogP contribution in [0.25, 0.3) is 10.1 Å². The molecular weight excluding hydrogens is 365 g/mol. The molecule has 0 spiro atoms. The summed E-state index contributed by atoms with van der Waals surface area (Å²) in [4.78, 5) is 10.9. The highest BCUT2D eigenvalue weighted by atomic mass is 32.1. The second-order valence-corrected chi connectivity index (χ2v) is 6.83. The Hall–Kier alpha value is -2.54. The van der Waals surface area contributed by atoms with E-state index in [9.17, 15) is 18.0 Å². The van der Waals surface area contributed by atoms with E-state index in [1.54, 1.807) is 19.1 Å². The van der Waals surface area contributed by atoms with Gasteiger partial charge in [0, 0.05) is 4.70 Å². The summed E-state index contributed by atoms with van der Waals surface area (Å²) in [5, 5.41) is 11.6. The molecule has 3 nitrogen and oxygen atoms in total. The van der Waals surface area contributed by atoms with Crippen molar-refractivity contribution in [2.45, 2.75) is 26.1 Å². The first-order valence-electron chi connectivity index (χ1n) is 7.75. The molecule has 3 rings (SSSR count). The Labute approximate surface area is 151 Å². The molecule has 0 radical (unpaired) electrons. The molecular formula is C19H15F3O3S. The molecule has 0 aliphatic carbocycles. The Balaban J connectivity index is 1.75. The van der Waals surface area contributed by atoms with Gasteiger partial charge in [-0.3, -0.25) is 4.79 Å². The lowest BCUT2D eigenvalue weighted by Gasteiger charge is -2.12. The zero-order valence-electron chi connectivity index (χ0n) is 13.8. The number of fused-ring (bicyclic) bond motifs is 1. The number of halogens is 3. The number of carboxylic acids is 1. The number of rotatable bonds is 5. The van der Waals surface area contributed by atoms with Crippen molar-refractivity contribution in [2.75, 3.05) is 0 Å². The molecule has 1 N–H and O–H groups in total. The molecule has 7 heteroatoms. The molecule has 1 aromatic heterocycles. The summed E-state index contributed by atoms with van der Waals surface area (Å²) < 4.78 is 44.8. The number of hydrogen-bond acceptors (Lipinski definition) is 3. The van der Waals surface area contributed by atoms with E-state index >= 15 is 0 Å². The maximum atomic E-state index is 12.7. The van der Waals surface area contributed by atoms with E-state index in [-0.39, 0.29) is 13.0 Å². The van der Waals surface area contributed by atoms with Gasteiger partial charge in [-0.15, -0.1) is 11.3 Å². The van der Waals surface area contributed by atoms with Crippen molar-refractivity contribution >= 4 is 27.4 Å². The fourth-order valence-corrected chi connectivity index (χ4v) is 3.64. The van der Waals surface area contributed by atoms with Crippen molar-refractivity contribution in [3.05, 3.63) is 64.0 Å². The van der Waals surface area contributed by atoms with Gasteiger partial charge in [-0.25, -0.2) is 0 Å². The molecule has 0 bridgehead atoms. The lowest BCUT2D eigenvalue weighted by Crippen LogP contribution is -2.06. The topological polar surface area (TPSA) is 46.5 Å². The molecule has 2 aromatic carbocycles. The predicted octanol–water partition coefficient (Wildman–Crippen LogP) is 5.43. The third-order valence-electron chi connectivity index (χ3n) is 4.03. The van der Waals surface area contributed by atoms with Crippen LogP contribution in [0, 0.1) is 6.92 Å². The molecule has 0 saturated heterocycles. The second-order valence-electron chi connectivity index (χ2n) is 5.92. The Morgan fingerprint density at radius 2 is 1.92 bits per heavy atom. The second kappa shape index (κ2) is 6.99. The number of benzene rings is 2. The smallest absolute Gasteiger partial charge is 0.416 e. The van der Waals surface area contributed by atoms with Gasteiger partial charge < -0.3 is 9.84 Å². The standard InChI is InChI=1S/C19H15F3O3S/c1-11-6-14(19(20,21)22)3-2-12(11)9-25-15-4-5-16-13(7-18(23)24)10-26-17(16)8-15/h2-6,8,10H,7,9H2,1H3,(H,23,24). The first-order chi connectivity index (χ1) is 12.2. The van der Waals surface area contributed by atoms with Crippen LogP contribution in [0.3, 0.4) is 0 Å². The molecule has 0 aliphatic rings. The number of alkyl halides is 3. The van der Waals surface area contributed by atoms with Gasteiger partial charge in [0.2, 0.25) is 0 Å². The van der Waals surface area contributed by atoms with Crippen LogP contribution >= 0.6 is 11.3 Å². The molecule has 1 heterocycles. The molecule has 0 amide bonds. The van der Waals surface area contributed by atoms with E-state index < -0.39 is 17.7 Å². The summed E-state index contributed by atoms with van der Waals surface area (Å²) in [6, 6.07) is 8.93. The summed E-state index contributed by atoms with van der Waals surface area (Å²) >= 11 is 1.43. The van der Waals surface area contributed by atoms with Crippen molar-refractivity contribution in [3.63, 3.8) is 0 Å². The van der Waals surface area contributed by atoms with E-state index in [2.05, 4.69) is 0 Å². The summed E-state index contributed by atoms with van der Waals surface area (Å²) in [7, 11) is 0. The summed E-state index contributed by atoms with van der Waals surface area (Å²) in [6.45, 7) is 1.78. The number of aliphatic carboxylic acids is 1. The minimum Gasteiger partial charge on any atom is -0.489 e. The van der Waals surface area contributed by atoms with Gasteiger partial charge in [-0.2, -0.15) is 13.2 Å². The van der Waals surface area contributed by atoms with Crippen LogP contribution in [0.5, 0.6) is 5.75 Å². The number of aryl methyl sites for hydroxylation is 1. The minimum atomic E-state index is -4.36. The lowest BCUT2D eigenvalue weighted by molar-refractivity contribution is -0.138. The predicted molar refractivity (Wildman–Crippen MR) is 93.7 cm³/mol. The van der Waals surface area contributed by atoms with Crippen molar-refractivity contribution in [3.8, 4) is 5.75 Å². The Morgan fingerprint density at radius 1 is 1.15 bits per heavy atom. The van der Waals surface area contributed by atoms with Crippen molar-refractivity contribution in [1.82, 2.24) is 0 Å². The van der Waals surface area contributed by atoms with Gasteiger partial charge in [0.25, 0.3) is 0 Å². The van der Waals surface area contributed by atoms with Crippen molar-refractivity contribution in [1.29, 1.82) is 0 Å². The molecule has 0 unspecified atom stereocenters. The third kappa shape index (κ3) is 3.99. The average molecular weight is 380 g/mol. The normalized spacial score (nSPS) is 11.7. The van der Waals surface area contributed by atoms with E-state index in [0.29, 0.717) is 16.9 Å². The first-order valence-corrected chi connectivity index (χ1v) is 8.63. The van der Waals surface area contributed by atoms with Crippen LogP contribution in [-0.4, -0.2) is 11.1 Å². The van der Waals surface area contributed by atoms with Crippen LogP contribution in [-0.2, 0) is 24.0 Å². The number of ether oxygens (including phenoxy) is 1. The van der Waals surface area contributed by atoms with Crippen LogP contribution in [0.4, 0.5) is 13.2 Å². The zero-order chi connectivity index (χ0) is 18.9. The van der Waals surface area contributed by atoms with Crippen LogP contribution in [0.1, 0.15) is 22.3 Å².